The lowest BCUT2D eigenvalue weighted by Gasteiger charge is -2.32. The Hall–Kier alpha value is -3.50. The zero-order valence-corrected chi connectivity index (χ0v) is 17.9. The number of hydrogen-bond donors (Lipinski definition) is 1. The molecular formula is C21H22F3N7O. The van der Waals surface area contributed by atoms with E-state index in [4.69, 9.17) is 0 Å². The fourth-order valence-corrected chi connectivity index (χ4v) is 3.74. The highest BCUT2D eigenvalue weighted by atomic mass is 19.2. The Labute approximate surface area is 182 Å². The minimum atomic E-state index is -1.41. The van der Waals surface area contributed by atoms with Gasteiger partial charge in [-0.05, 0) is 19.8 Å². The van der Waals surface area contributed by atoms with E-state index in [0.29, 0.717) is 30.2 Å². The van der Waals surface area contributed by atoms with Gasteiger partial charge in [-0.15, -0.1) is 0 Å². The van der Waals surface area contributed by atoms with Gasteiger partial charge in [-0.1, -0.05) is 0 Å². The quantitative estimate of drug-likeness (QED) is 0.619. The number of aromatic nitrogens is 5. The summed E-state index contributed by atoms with van der Waals surface area (Å²) in [6, 6.07) is 1.62. The first-order chi connectivity index (χ1) is 15.2. The lowest BCUT2D eigenvalue weighted by molar-refractivity contribution is -0.130. The molecule has 0 aliphatic carbocycles. The molecule has 1 unspecified atom stereocenters. The SMILES string of the molecule is CC(=O)N1CCCC(c2cc(Nc3nc(F)c(F)c(C)c3F)nc(-c3cnn(C)c3)n2)C1. The van der Waals surface area contributed by atoms with E-state index in [1.807, 2.05) is 0 Å². The highest BCUT2D eigenvalue weighted by Gasteiger charge is 2.26. The van der Waals surface area contributed by atoms with Gasteiger partial charge in [0.25, 0.3) is 5.95 Å². The summed E-state index contributed by atoms with van der Waals surface area (Å²) in [7, 11) is 1.75. The number of nitrogens with zero attached hydrogens (tertiary/aromatic N) is 6. The van der Waals surface area contributed by atoms with Crippen molar-refractivity contribution in [2.45, 2.75) is 32.6 Å². The normalized spacial score (nSPS) is 16.3. The number of pyridine rings is 1. The maximum absolute atomic E-state index is 14.5. The molecule has 0 spiro atoms. The lowest BCUT2D eigenvalue weighted by Crippen LogP contribution is -2.37. The van der Waals surface area contributed by atoms with Crippen LogP contribution in [0.2, 0.25) is 0 Å². The average molecular weight is 445 g/mol. The summed E-state index contributed by atoms with van der Waals surface area (Å²) in [4.78, 5) is 26.0. The van der Waals surface area contributed by atoms with Gasteiger partial charge in [0, 0.05) is 50.8 Å². The molecule has 8 nitrogen and oxygen atoms in total. The van der Waals surface area contributed by atoms with Gasteiger partial charge in [-0.25, -0.2) is 18.7 Å². The largest absolute Gasteiger partial charge is 0.342 e. The molecule has 1 aliphatic rings. The fourth-order valence-electron chi connectivity index (χ4n) is 3.74. The average Bonchev–Trinajstić information content (AvgIpc) is 3.22. The highest BCUT2D eigenvalue weighted by Crippen LogP contribution is 2.30. The van der Waals surface area contributed by atoms with Crippen LogP contribution >= 0.6 is 0 Å². The van der Waals surface area contributed by atoms with Gasteiger partial charge < -0.3 is 10.2 Å². The molecule has 4 rings (SSSR count). The molecule has 4 heterocycles. The summed E-state index contributed by atoms with van der Waals surface area (Å²) < 4.78 is 43.5. The van der Waals surface area contributed by atoms with Crippen molar-refractivity contribution in [3.05, 3.63) is 47.3 Å². The first kappa shape index (κ1) is 21.7. The number of carbonyl (C=O) groups is 1. The predicted octanol–water partition coefficient (Wildman–Crippen LogP) is 3.47. The van der Waals surface area contributed by atoms with Gasteiger partial charge in [-0.3, -0.25) is 9.48 Å². The van der Waals surface area contributed by atoms with Crippen LogP contribution in [-0.2, 0) is 11.8 Å². The second-order valence-corrected chi connectivity index (χ2v) is 7.84. The molecule has 1 saturated heterocycles. The van der Waals surface area contributed by atoms with Crippen molar-refractivity contribution >= 4 is 17.5 Å². The Bertz CT molecular complexity index is 1180. The third-order valence-corrected chi connectivity index (χ3v) is 5.50. The minimum absolute atomic E-state index is 0.0156. The minimum Gasteiger partial charge on any atom is -0.342 e. The molecule has 168 valence electrons. The lowest BCUT2D eigenvalue weighted by atomic mass is 9.94. The summed E-state index contributed by atoms with van der Waals surface area (Å²) in [5.74, 6) is -3.79. The zero-order valence-electron chi connectivity index (χ0n) is 17.9. The molecule has 32 heavy (non-hydrogen) atoms. The van der Waals surface area contributed by atoms with Crippen molar-refractivity contribution in [2.75, 3.05) is 18.4 Å². The number of carbonyl (C=O) groups excluding carboxylic acids is 1. The van der Waals surface area contributed by atoms with Crippen molar-refractivity contribution < 1.29 is 18.0 Å². The Kier molecular flexibility index (Phi) is 5.81. The van der Waals surface area contributed by atoms with Gasteiger partial charge in [0.05, 0.1) is 17.5 Å². The monoisotopic (exact) mass is 445 g/mol. The molecule has 1 atom stereocenters. The van der Waals surface area contributed by atoms with Crippen molar-refractivity contribution in [2.24, 2.45) is 7.05 Å². The first-order valence-electron chi connectivity index (χ1n) is 10.1. The van der Waals surface area contributed by atoms with Gasteiger partial charge in [0.1, 0.15) is 5.82 Å². The number of halogens is 3. The predicted molar refractivity (Wildman–Crippen MR) is 111 cm³/mol. The van der Waals surface area contributed by atoms with Crippen molar-refractivity contribution in [3.8, 4) is 11.4 Å². The van der Waals surface area contributed by atoms with E-state index in [9.17, 15) is 18.0 Å². The van der Waals surface area contributed by atoms with Crippen LogP contribution in [0.1, 0.15) is 36.9 Å². The standard InChI is InChI=1S/C21H22F3N7O/c1-11-17(22)19(24)29-21(18(11)23)28-16-7-15(13-5-4-6-31(10-13)12(2)32)26-20(27-16)14-8-25-30(3)9-14/h7-9,13H,4-6,10H2,1-3H3,(H,26,27,28,29). The van der Waals surface area contributed by atoms with Crippen LogP contribution in [-0.4, -0.2) is 48.6 Å². The second kappa shape index (κ2) is 8.56. The zero-order chi connectivity index (χ0) is 23.0. The Morgan fingerprint density at radius 1 is 1.19 bits per heavy atom. The van der Waals surface area contributed by atoms with E-state index in [2.05, 4.69) is 25.4 Å². The number of piperidine rings is 1. The van der Waals surface area contributed by atoms with Crippen LogP contribution in [0.15, 0.2) is 18.5 Å². The number of nitrogens with one attached hydrogen (secondary N) is 1. The Morgan fingerprint density at radius 2 is 1.97 bits per heavy atom. The molecule has 1 fully saturated rings. The van der Waals surface area contributed by atoms with E-state index in [-0.39, 0.29) is 17.6 Å². The van der Waals surface area contributed by atoms with Crippen LogP contribution in [0.25, 0.3) is 11.4 Å². The fraction of sp³-hybridized carbons (Fsp3) is 0.381. The number of likely N-dealkylation sites (tertiary alicyclic amines) is 1. The highest BCUT2D eigenvalue weighted by molar-refractivity contribution is 5.73. The third-order valence-electron chi connectivity index (χ3n) is 5.50. The molecule has 0 radical (unpaired) electrons. The van der Waals surface area contributed by atoms with Crippen LogP contribution < -0.4 is 5.32 Å². The molecule has 3 aromatic heterocycles. The van der Waals surface area contributed by atoms with Crippen LogP contribution in [0.5, 0.6) is 0 Å². The molecule has 11 heteroatoms. The van der Waals surface area contributed by atoms with E-state index in [1.54, 1.807) is 35.1 Å². The smallest absolute Gasteiger partial charge is 0.251 e. The number of hydrogen-bond acceptors (Lipinski definition) is 6. The Morgan fingerprint density at radius 3 is 2.66 bits per heavy atom. The summed E-state index contributed by atoms with van der Waals surface area (Å²) in [5.41, 5.74) is 0.796. The van der Waals surface area contributed by atoms with E-state index < -0.39 is 29.0 Å². The van der Waals surface area contributed by atoms with E-state index >= 15 is 0 Å². The molecule has 0 bridgehead atoms. The van der Waals surface area contributed by atoms with Gasteiger partial charge >= 0.3 is 0 Å². The second-order valence-electron chi connectivity index (χ2n) is 7.84. The molecule has 1 amide bonds. The summed E-state index contributed by atoms with van der Waals surface area (Å²) in [6.45, 7) is 3.83. The maximum atomic E-state index is 14.5. The number of rotatable bonds is 4. The molecular weight excluding hydrogens is 423 g/mol. The van der Waals surface area contributed by atoms with Crippen molar-refractivity contribution in [1.82, 2.24) is 29.6 Å². The summed E-state index contributed by atoms with van der Waals surface area (Å²) >= 11 is 0. The van der Waals surface area contributed by atoms with E-state index in [0.717, 1.165) is 19.8 Å². The van der Waals surface area contributed by atoms with Crippen molar-refractivity contribution in [1.29, 1.82) is 0 Å². The molecule has 1 aliphatic heterocycles. The van der Waals surface area contributed by atoms with Crippen LogP contribution in [0.3, 0.4) is 0 Å². The number of anilines is 2. The number of aryl methyl sites for hydroxylation is 1. The molecule has 0 saturated carbocycles. The van der Waals surface area contributed by atoms with E-state index in [1.165, 1.54) is 6.92 Å². The summed E-state index contributed by atoms with van der Waals surface area (Å²) in [5, 5.41) is 6.79. The van der Waals surface area contributed by atoms with Gasteiger partial charge in [0.2, 0.25) is 5.91 Å². The molecule has 1 N–H and O–H groups in total. The molecule has 0 aromatic carbocycles. The topological polar surface area (TPSA) is 88.8 Å². The maximum Gasteiger partial charge on any atom is 0.251 e. The summed E-state index contributed by atoms with van der Waals surface area (Å²) in [6.07, 6.45) is 4.94. The number of amides is 1. The van der Waals surface area contributed by atoms with Gasteiger partial charge in [0.15, 0.2) is 23.3 Å². The Balaban J connectivity index is 1.75. The van der Waals surface area contributed by atoms with Crippen LogP contribution in [0.4, 0.5) is 24.8 Å². The first-order valence-corrected chi connectivity index (χ1v) is 10.1. The van der Waals surface area contributed by atoms with Crippen LogP contribution in [0, 0.1) is 24.5 Å². The third kappa shape index (κ3) is 4.27. The van der Waals surface area contributed by atoms with Crippen molar-refractivity contribution in [3.63, 3.8) is 0 Å². The van der Waals surface area contributed by atoms with Gasteiger partial charge in [-0.2, -0.15) is 14.5 Å². The molecule has 3 aromatic rings.